The second-order valence-electron chi connectivity index (χ2n) is 3.16. The summed E-state index contributed by atoms with van der Waals surface area (Å²) in [5.41, 5.74) is 0.662. The smallest absolute Gasteiger partial charge is 0.224 e. The average molecular weight is 193 g/mol. The molecule has 1 aliphatic rings. The van der Waals surface area contributed by atoms with Gasteiger partial charge in [-0.3, -0.25) is 9.59 Å². The summed E-state index contributed by atoms with van der Waals surface area (Å²) in [4.78, 5) is 22.6. The monoisotopic (exact) mass is 193 g/mol. The first-order valence-electron chi connectivity index (χ1n) is 4.29. The maximum Gasteiger partial charge on any atom is 0.224 e. The van der Waals surface area contributed by atoms with E-state index in [1.807, 2.05) is 0 Å². The quantitative estimate of drug-likeness (QED) is 0.682. The van der Waals surface area contributed by atoms with Crippen LogP contribution in [0.15, 0.2) is 18.2 Å². The van der Waals surface area contributed by atoms with E-state index in [4.69, 9.17) is 0 Å². The van der Waals surface area contributed by atoms with Crippen LogP contribution >= 0.6 is 0 Å². The molecule has 0 atom stereocenters. The zero-order chi connectivity index (χ0) is 10.1. The van der Waals surface area contributed by atoms with Crippen LogP contribution in [-0.4, -0.2) is 11.7 Å². The zero-order valence-corrected chi connectivity index (χ0v) is 7.34. The molecule has 2 rings (SSSR count). The fourth-order valence-corrected chi connectivity index (χ4v) is 1.44. The van der Waals surface area contributed by atoms with Gasteiger partial charge in [0.2, 0.25) is 5.91 Å². The number of Topliss-reactive ketones (excluding diaryl/α,β-unsaturated/α-hetero) is 1. The first kappa shape index (κ1) is 8.87. The molecule has 0 radical (unpaired) electrons. The Labute approximate surface area is 79.9 Å². The summed E-state index contributed by atoms with van der Waals surface area (Å²) in [5, 5.41) is 2.49. The first-order chi connectivity index (χ1) is 6.66. The number of hydrogen-bond acceptors (Lipinski definition) is 2. The minimum absolute atomic E-state index is 0.127. The number of hydrogen-bond donors (Lipinski definition) is 1. The molecule has 0 spiro atoms. The highest BCUT2D eigenvalue weighted by Crippen LogP contribution is 2.22. The van der Waals surface area contributed by atoms with Gasteiger partial charge in [0.05, 0.1) is 5.69 Å². The van der Waals surface area contributed by atoms with Gasteiger partial charge < -0.3 is 5.32 Å². The standard InChI is InChI=1S/C10H8FNO2/c11-6-1-2-7-8(5-6)12-10(14)4-3-9(7)13/h1-2,5H,3-4H2,(H,12,14). The van der Waals surface area contributed by atoms with Crippen molar-refractivity contribution < 1.29 is 14.0 Å². The van der Waals surface area contributed by atoms with Crippen LogP contribution in [0.2, 0.25) is 0 Å². The van der Waals surface area contributed by atoms with E-state index >= 15 is 0 Å². The van der Waals surface area contributed by atoms with E-state index in [-0.39, 0.29) is 30.2 Å². The Kier molecular flexibility index (Phi) is 2.04. The minimum Gasteiger partial charge on any atom is -0.325 e. The third kappa shape index (κ3) is 1.51. The second kappa shape index (κ2) is 3.21. The molecule has 14 heavy (non-hydrogen) atoms. The molecule has 4 heteroatoms. The molecule has 0 unspecified atom stereocenters. The number of amides is 1. The molecule has 0 saturated carbocycles. The van der Waals surface area contributed by atoms with Crippen molar-refractivity contribution in [2.45, 2.75) is 12.8 Å². The topological polar surface area (TPSA) is 46.2 Å². The molecule has 1 N–H and O–H groups in total. The fraction of sp³-hybridized carbons (Fsp3) is 0.200. The maximum absolute atomic E-state index is 12.8. The largest absolute Gasteiger partial charge is 0.325 e. The summed E-state index contributed by atoms with van der Waals surface area (Å²) in [5.74, 6) is -0.834. The van der Waals surface area contributed by atoms with Crippen LogP contribution in [0.3, 0.4) is 0 Å². The van der Waals surface area contributed by atoms with Gasteiger partial charge >= 0.3 is 0 Å². The van der Waals surface area contributed by atoms with E-state index in [2.05, 4.69) is 5.32 Å². The number of carbonyl (C=O) groups is 2. The predicted molar refractivity (Wildman–Crippen MR) is 48.6 cm³/mol. The molecule has 0 fully saturated rings. The Bertz CT molecular complexity index is 415. The summed E-state index contributed by atoms with van der Waals surface area (Å²) in [6, 6.07) is 3.78. The molecule has 1 heterocycles. The van der Waals surface area contributed by atoms with E-state index < -0.39 is 5.82 Å². The molecule has 0 saturated heterocycles. The maximum atomic E-state index is 12.8. The van der Waals surface area contributed by atoms with E-state index in [0.29, 0.717) is 5.56 Å². The number of nitrogens with one attached hydrogen (secondary N) is 1. The zero-order valence-electron chi connectivity index (χ0n) is 7.34. The molecule has 72 valence electrons. The van der Waals surface area contributed by atoms with Crippen molar-refractivity contribution in [3.8, 4) is 0 Å². The lowest BCUT2D eigenvalue weighted by Crippen LogP contribution is -2.09. The predicted octanol–water partition coefficient (Wildman–Crippen LogP) is 1.74. The van der Waals surface area contributed by atoms with Gasteiger partial charge in [0.15, 0.2) is 5.78 Å². The van der Waals surface area contributed by atoms with Crippen molar-refractivity contribution in [2.75, 3.05) is 5.32 Å². The lowest BCUT2D eigenvalue weighted by atomic mass is 10.1. The molecule has 1 aromatic rings. The summed E-state index contributed by atoms with van der Waals surface area (Å²) in [7, 11) is 0. The molecule has 0 aliphatic carbocycles. The number of halogens is 1. The highest BCUT2D eigenvalue weighted by Gasteiger charge is 2.19. The Morgan fingerprint density at radius 3 is 2.79 bits per heavy atom. The minimum atomic E-state index is -0.459. The highest BCUT2D eigenvalue weighted by atomic mass is 19.1. The lowest BCUT2D eigenvalue weighted by Gasteiger charge is -2.04. The normalized spacial score (nSPS) is 15.8. The Morgan fingerprint density at radius 1 is 1.21 bits per heavy atom. The average Bonchev–Trinajstić information content (AvgIpc) is 2.26. The van der Waals surface area contributed by atoms with E-state index in [0.717, 1.165) is 6.07 Å². The van der Waals surface area contributed by atoms with Crippen molar-refractivity contribution in [3.63, 3.8) is 0 Å². The Morgan fingerprint density at radius 2 is 2.00 bits per heavy atom. The Balaban J connectivity index is 2.52. The van der Waals surface area contributed by atoms with Gasteiger partial charge in [0, 0.05) is 18.4 Å². The van der Waals surface area contributed by atoms with E-state index in [1.54, 1.807) is 0 Å². The molecule has 1 aromatic carbocycles. The van der Waals surface area contributed by atoms with Crippen LogP contribution in [-0.2, 0) is 4.79 Å². The van der Waals surface area contributed by atoms with Crippen LogP contribution in [0.4, 0.5) is 10.1 Å². The van der Waals surface area contributed by atoms with Crippen molar-refractivity contribution in [1.29, 1.82) is 0 Å². The van der Waals surface area contributed by atoms with Gasteiger partial charge in [0.1, 0.15) is 5.82 Å². The van der Waals surface area contributed by atoms with Crippen LogP contribution in [0, 0.1) is 5.82 Å². The van der Waals surface area contributed by atoms with Gasteiger partial charge in [-0.05, 0) is 18.2 Å². The van der Waals surface area contributed by atoms with Gasteiger partial charge in [-0.2, -0.15) is 0 Å². The summed E-state index contributed by atoms with van der Waals surface area (Å²) < 4.78 is 12.8. The van der Waals surface area contributed by atoms with E-state index in [9.17, 15) is 14.0 Å². The molecule has 1 amide bonds. The third-order valence-electron chi connectivity index (χ3n) is 2.14. The molecular weight excluding hydrogens is 185 g/mol. The van der Waals surface area contributed by atoms with Crippen LogP contribution in [0.25, 0.3) is 0 Å². The molecular formula is C10H8FNO2. The lowest BCUT2D eigenvalue weighted by molar-refractivity contribution is -0.116. The molecule has 3 nitrogen and oxygen atoms in total. The fourth-order valence-electron chi connectivity index (χ4n) is 1.44. The number of rotatable bonds is 0. The van der Waals surface area contributed by atoms with E-state index in [1.165, 1.54) is 12.1 Å². The number of ketones is 1. The van der Waals surface area contributed by atoms with Gasteiger partial charge in [-0.15, -0.1) is 0 Å². The number of carbonyl (C=O) groups excluding carboxylic acids is 2. The van der Waals surface area contributed by atoms with Crippen molar-refractivity contribution >= 4 is 17.4 Å². The van der Waals surface area contributed by atoms with Crippen LogP contribution in [0.1, 0.15) is 23.2 Å². The van der Waals surface area contributed by atoms with Crippen LogP contribution < -0.4 is 5.32 Å². The van der Waals surface area contributed by atoms with Gasteiger partial charge in [0.25, 0.3) is 0 Å². The third-order valence-corrected chi connectivity index (χ3v) is 2.14. The van der Waals surface area contributed by atoms with Crippen molar-refractivity contribution in [2.24, 2.45) is 0 Å². The summed E-state index contributed by atoms with van der Waals surface area (Å²) in [6.45, 7) is 0. The molecule has 0 aromatic heterocycles. The molecule has 0 bridgehead atoms. The second-order valence-corrected chi connectivity index (χ2v) is 3.16. The number of benzene rings is 1. The van der Waals surface area contributed by atoms with Crippen molar-refractivity contribution in [1.82, 2.24) is 0 Å². The Hall–Kier alpha value is -1.71. The SMILES string of the molecule is O=C1CCC(=O)c2ccc(F)cc2N1. The summed E-state index contributed by atoms with van der Waals surface area (Å²) in [6.07, 6.45) is 0.347. The number of anilines is 1. The van der Waals surface area contributed by atoms with Crippen LogP contribution in [0.5, 0.6) is 0 Å². The van der Waals surface area contributed by atoms with Gasteiger partial charge in [-0.25, -0.2) is 4.39 Å². The highest BCUT2D eigenvalue weighted by molar-refractivity contribution is 6.08. The first-order valence-corrected chi connectivity index (χ1v) is 4.29. The number of fused-ring (bicyclic) bond motifs is 1. The van der Waals surface area contributed by atoms with Gasteiger partial charge in [-0.1, -0.05) is 0 Å². The molecule has 1 aliphatic heterocycles. The van der Waals surface area contributed by atoms with Crippen molar-refractivity contribution in [3.05, 3.63) is 29.6 Å². The summed E-state index contributed by atoms with van der Waals surface area (Å²) >= 11 is 0.